The van der Waals surface area contributed by atoms with Crippen LogP contribution in [-0.2, 0) is 4.79 Å². The van der Waals surface area contributed by atoms with Crippen LogP contribution in [0.5, 0.6) is 0 Å². The number of aromatic nitrogens is 2. The quantitative estimate of drug-likeness (QED) is 0.894. The van der Waals surface area contributed by atoms with E-state index in [9.17, 15) is 4.79 Å². The molecule has 1 atom stereocenters. The van der Waals surface area contributed by atoms with Gasteiger partial charge in [-0.15, -0.1) is 11.3 Å². The van der Waals surface area contributed by atoms with E-state index in [0.29, 0.717) is 20.0 Å². The van der Waals surface area contributed by atoms with Crippen LogP contribution in [0.4, 0.5) is 0 Å². The Morgan fingerprint density at radius 2 is 2.31 bits per heavy atom. The minimum atomic E-state index is -1.10. The van der Waals surface area contributed by atoms with Crippen LogP contribution in [0, 0.1) is 0 Å². The normalized spacial score (nSPS) is 12.6. The van der Waals surface area contributed by atoms with Crippen LogP contribution in [0.1, 0.15) is 11.7 Å². The first-order valence-electron chi connectivity index (χ1n) is 4.13. The number of hydrogen-bond acceptors (Lipinski definition) is 6. The summed E-state index contributed by atoms with van der Waals surface area (Å²) in [5.41, 5.74) is 5.77. The first-order chi connectivity index (χ1) is 7.58. The van der Waals surface area contributed by atoms with Crippen molar-refractivity contribution in [1.29, 1.82) is 0 Å². The standard InChI is InChI=1S/C8H6ClN3O2S2/c9-4-1-11-6(16-4)7-12-3(2-15-7)5(10)8(13)14/h1-2,5H,10H2,(H,13,14). The molecule has 3 N–H and O–H groups in total. The summed E-state index contributed by atoms with van der Waals surface area (Å²) in [5.74, 6) is -1.10. The SMILES string of the molecule is NC(C(=O)O)c1csc(-c2ncc(Cl)s2)n1. The van der Waals surface area contributed by atoms with Gasteiger partial charge in [0.2, 0.25) is 0 Å². The van der Waals surface area contributed by atoms with Crippen molar-refractivity contribution in [1.82, 2.24) is 9.97 Å². The molecule has 0 saturated heterocycles. The summed E-state index contributed by atoms with van der Waals surface area (Å²) in [5, 5.41) is 11.6. The zero-order valence-electron chi connectivity index (χ0n) is 7.75. The molecule has 0 aliphatic rings. The molecule has 2 aromatic rings. The summed E-state index contributed by atoms with van der Waals surface area (Å²) in [6, 6.07) is -1.10. The predicted molar refractivity (Wildman–Crippen MR) is 62.8 cm³/mol. The van der Waals surface area contributed by atoms with Gasteiger partial charge in [-0.25, -0.2) is 9.97 Å². The Bertz CT molecular complexity index is 525. The van der Waals surface area contributed by atoms with Gasteiger partial charge in [0.05, 0.1) is 11.9 Å². The van der Waals surface area contributed by atoms with Crippen molar-refractivity contribution in [3.05, 3.63) is 21.6 Å². The van der Waals surface area contributed by atoms with Crippen molar-refractivity contribution in [3.63, 3.8) is 0 Å². The summed E-state index contributed by atoms with van der Waals surface area (Å²) in [4.78, 5) is 18.8. The topological polar surface area (TPSA) is 89.1 Å². The molecule has 0 aliphatic carbocycles. The molecule has 1 unspecified atom stereocenters. The molecule has 8 heteroatoms. The van der Waals surface area contributed by atoms with Crippen molar-refractivity contribution < 1.29 is 9.90 Å². The Morgan fingerprint density at radius 1 is 1.56 bits per heavy atom. The highest BCUT2D eigenvalue weighted by atomic mass is 35.5. The van der Waals surface area contributed by atoms with Gasteiger partial charge in [-0.2, -0.15) is 0 Å². The fourth-order valence-electron chi connectivity index (χ4n) is 1.01. The van der Waals surface area contributed by atoms with E-state index in [1.54, 1.807) is 5.38 Å². The number of rotatable bonds is 3. The van der Waals surface area contributed by atoms with E-state index in [0.717, 1.165) is 0 Å². The smallest absolute Gasteiger partial charge is 0.326 e. The average Bonchev–Trinajstić information content (AvgIpc) is 2.84. The molecular formula is C8H6ClN3O2S2. The lowest BCUT2D eigenvalue weighted by Gasteiger charge is -1.99. The summed E-state index contributed by atoms with van der Waals surface area (Å²) in [6.45, 7) is 0. The monoisotopic (exact) mass is 275 g/mol. The highest BCUT2D eigenvalue weighted by Gasteiger charge is 2.18. The van der Waals surface area contributed by atoms with Gasteiger partial charge in [0.25, 0.3) is 0 Å². The van der Waals surface area contributed by atoms with Crippen molar-refractivity contribution in [3.8, 4) is 10.0 Å². The maximum Gasteiger partial charge on any atom is 0.326 e. The summed E-state index contributed by atoms with van der Waals surface area (Å²) < 4.78 is 0.564. The number of hydrogen-bond donors (Lipinski definition) is 2. The van der Waals surface area contributed by atoms with E-state index < -0.39 is 12.0 Å². The molecule has 5 nitrogen and oxygen atoms in total. The van der Waals surface area contributed by atoms with Crippen LogP contribution in [0.3, 0.4) is 0 Å². The lowest BCUT2D eigenvalue weighted by Crippen LogP contribution is -2.20. The Hall–Kier alpha value is -1.02. The molecular weight excluding hydrogens is 270 g/mol. The number of nitrogens with zero attached hydrogens (tertiary/aromatic N) is 2. The molecule has 0 amide bonds. The summed E-state index contributed by atoms with van der Waals surface area (Å²) in [7, 11) is 0. The molecule has 0 aromatic carbocycles. The van der Waals surface area contributed by atoms with E-state index in [2.05, 4.69) is 9.97 Å². The molecule has 0 aliphatic heterocycles. The molecule has 0 fully saturated rings. The van der Waals surface area contributed by atoms with E-state index in [1.807, 2.05) is 0 Å². The highest BCUT2D eigenvalue weighted by molar-refractivity contribution is 7.22. The summed E-state index contributed by atoms with van der Waals surface area (Å²) >= 11 is 8.33. The van der Waals surface area contributed by atoms with Crippen LogP contribution in [0.2, 0.25) is 4.34 Å². The zero-order chi connectivity index (χ0) is 11.7. The van der Waals surface area contributed by atoms with Crippen molar-refractivity contribution in [2.24, 2.45) is 5.73 Å². The van der Waals surface area contributed by atoms with Crippen molar-refractivity contribution in [2.75, 3.05) is 0 Å². The van der Waals surface area contributed by atoms with Gasteiger partial charge < -0.3 is 10.8 Å². The maximum atomic E-state index is 10.7. The van der Waals surface area contributed by atoms with Gasteiger partial charge in [-0.3, -0.25) is 4.79 Å². The minimum Gasteiger partial charge on any atom is -0.480 e. The van der Waals surface area contributed by atoms with Gasteiger partial charge in [-0.05, 0) is 0 Å². The molecule has 0 radical (unpaired) electrons. The van der Waals surface area contributed by atoms with Gasteiger partial charge in [0, 0.05) is 5.38 Å². The Morgan fingerprint density at radius 3 is 2.88 bits per heavy atom. The van der Waals surface area contributed by atoms with Gasteiger partial charge >= 0.3 is 5.97 Å². The molecule has 2 rings (SSSR count). The third kappa shape index (κ3) is 2.22. The Kier molecular flexibility index (Phi) is 3.20. The van der Waals surface area contributed by atoms with Crippen LogP contribution in [0.15, 0.2) is 11.6 Å². The second-order valence-electron chi connectivity index (χ2n) is 2.86. The second-order valence-corrected chi connectivity index (χ2v) is 5.38. The molecule has 0 spiro atoms. The van der Waals surface area contributed by atoms with Crippen LogP contribution in [-0.4, -0.2) is 21.0 Å². The minimum absolute atomic E-state index is 0.332. The number of aliphatic carboxylic acids is 1. The number of thiazole rings is 2. The van der Waals surface area contributed by atoms with Crippen molar-refractivity contribution in [2.45, 2.75) is 6.04 Å². The van der Waals surface area contributed by atoms with Gasteiger partial charge in [0.1, 0.15) is 10.4 Å². The van der Waals surface area contributed by atoms with Crippen molar-refractivity contribution >= 4 is 40.2 Å². The maximum absolute atomic E-state index is 10.7. The number of carbonyl (C=O) groups is 1. The number of halogens is 1. The predicted octanol–water partition coefficient (Wildman–Crippen LogP) is 2.00. The average molecular weight is 276 g/mol. The zero-order valence-corrected chi connectivity index (χ0v) is 10.1. The van der Waals surface area contributed by atoms with Gasteiger partial charge in [-0.1, -0.05) is 22.9 Å². The lowest BCUT2D eigenvalue weighted by molar-refractivity contribution is -0.138. The third-order valence-corrected chi connectivity index (χ3v) is 3.89. The van der Waals surface area contributed by atoms with Crippen LogP contribution in [0.25, 0.3) is 10.0 Å². The largest absolute Gasteiger partial charge is 0.480 e. The first-order valence-corrected chi connectivity index (χ1v) is 6.21. The molecule has 0 bridgehead atoms. The fraction of sp³-hybridized carbons (Fsp3) is 0.125. The molecule has 16 heavy (non-hydrogen) atoms. The fourth-order valence-corrected chi connectivity index (χ4v) is 2.82. The number of carboxylic acid groups (broad SMARTS) is 1. The van der Waals surface area contributed by atoms with Crippen LogP contribution >= 0.6 is 34.3 Å². The Labute approximate surface area is 104 Å². The highest BCUT2D eigenvalue weighted by Crippen LogP contribution is 2.31. The first kappa shape index (κ1) is 11.5. The Balaban J connectivity index is 2.29. The van der Waals surface area contributed by atoms with Crippen LogP contribution < -0.4 is 5.73 Å². The third-order valence-electron chi connectivity index (χ3n) is 1.77. The van der Waals surface area contributed by atoms with E-state index in [-0.39, 0.29) is 0 Å². The van der Waals surface area contributed by atoms with E-state index in [4.69, 9.17) is 22.4 Å². The number of nitrogens with two attached hydrogens (primary N) is 1. The van der Waals surface area contributed by atoms with Gasteiger partial charge in [0.15, 0.2) is 10.0 Å². The summed E-state index contributed by atoms with van der Waals surface area (Å²) in [6.07, 6.45) is 1.53. The molecule has 0 saturated carbocycles. The van der Waals surface area contributed by atoms with E-state index in [1.165, 1.54) is 28.9 Å². The number of carboxylic acids is 1. The molecule has 2 heterocycles. The molecule has 2 aromatic heterocycles. The lowest BCUT2D eigenvalue weighted by atomic mass is 10.2. The van der Waals surface area contributed by atoms with E-state index >= 15 is 0 Å². The molecule has 84 valence electrons. The second kappa shape index (κ2) is 4.46.